The second-order valence-electron chi connectivity index (χ2n) is 9.86. The molecule has 0 spiro atoms. The third kappa shape index (κ3) is 7.04. The van der Waals surface area contributed by atoms with Crippen molar-refractivity contribution in [1.29, 1.82) is 0 Å². The number of sulfonamides is 1. The summed E-state index contributed by atoms with van der Waals surface area (Å²) in [6, 6.07) is 11.3. The summed E-state index contributed by atoms with van der Waals surface area (Å²) in [4.78, 5) is 37.6. The third-order valence-corrected chi connectivity index (χ3v) is 7.44. The van der Waals surface area contributed by atoms with Gasteiger partial charge < -0.3 is 10.1 Å². The lowest BCUT2D eigenvalue weighted by atomic mass is 10.0. The number of carbonyl (C=O) groups is 2. The van der Waals surface area contributed by atoms with Gasteiger partial charge in [-0.2, -0.15) is 0 Å². The van der Waals surface area contributed by atoms with Crippen molar-refractivity contribution in [2.75, 3.05) is 6.54 Å². The number of para-hydroxylation sites is 1. The summed E-state index contributed by atoms with van der Waals surface area (Å²) in [6.45, 7) is 7.15. The van der Waals surface area contributed by atoms with Crippen molar-refractivity contribution in [1.82, 2.24) is 14.9 Å². The van der Waals surface area contributed by atoms with Crippen LogP contribution in [0.15, 0.2) is 59.5 Å². The molecule has 2 amide bonds. The number of benzene rings is 2. The van der Waals surface area contributed by atoms with Crippen molar-refractivity contribution >= 4 is 27.7 Å². The molecule has 2 aromatic carbocycles. The van der Waals surface area contributed by atoms with Gasteiger partial charge in [0, 0.05) is 18.7 Å². The first-order valence-corrected chi connectivity index (χ1v) is 13.4. The number of rotatable bonds is 8. The SMILES string of the molecule is C[C@@H](NS(=O)(=O)c1ccccc1[N+](=O)[O-])[C@@H](NC(=O)[C@@H]1CCCN1C(=O)OC(C)(C)C)c1ccccc1. The van der Waals surface area contributed by atoms with Gasteiger partial charge in [-0.3, -0.25) is 19.8 Å². The van der Waals surface area contributed by atoms with E-state index < -0.39 is 61.3 Å². The number of ether oxygens (including phenoxy) is 1. The van der Waals surface area contributed by atoms with Gasteiger partial charge in [0.25, 0.3) is 5.69 Å². The minimum absolute atomic E-state index is 0.364. The number of hydrogen-bond acceptors (Lipinski definition) is 7. The molecular formula is C25H32N4O7S. The number of likely N-dealkylation sites (tertiary alicyclic amines) is 1. The van der Waals surface area contributed by atoms with E-state index in [4.69, 9.17) is 4.74 Å². The fraction of sp³-hybridized carbons (Fsp3) is 0.440. The maximum atomic E-state index is 13.4. The standard InChI is InChI=1S/C25H32N4O7S/c1-17(27-37(34,35)21-15-9-8-13-19(21)29(32)33)22(18-11-6-5-7-12-18)26-23(30)20-14-10-16-28(20)24(31)36-25(2,3)4/h5-9,11-13,15,17,20,22,27H,10,14,16H2,1-4H3,(H,26,30)/t17-,20+,22-/m1/s1. The number of nitro groups is 1. The van der Waals surface area contributed by atoms with Gasteiger partial charge in [0.1, 0.15) is 11.6 Å². The monoisotopic (exact) mass is 532 g/mol. The molecule has 1 aliphatic rings. The van der Waals surface area contributed by atoms with E-state index in [2.05, 4.69) is 10.0 Å². The van der Waals surface area contributed by atoms with Gasteiger partial charge in [-0.25, -0.2) is 17.9 Å². The molecule has 1 fully saturated rings. The third-order valence-electron chi connectivity index (χ3n) is 5.83. The molecule has 2 aromatic rings. The van der Waals surface area contributed by atoms with Gasteiger partial charge in [0.15, 0.2) is 4.90 Å². The molecule has 2 N–H and O–H groups in total. The Kier molecular flexibility index (Phi) is 8.54. The van der Waals surface area contributed by atoms with Crippen LogP contribution in [0.5, 0.6) is 0 Å². The molecule has 3 rings (SSSR count). The van der Waals surface area contributed by atoms with Crippen LogP contribution in [0.4, 0.5) is 10.5 Å². The maximum Gasteiger partial charge on any atom is 0.410 e. The van der Waals surface area contributed by atoms with Crippen LogP contribution < -0.4 is 10.0 Å². The Labute approximate surface area is 216 Å². The number of nitrogens with zero attached hydrogens (tertiary/aromatic N) is 2. The molecule has 1 aliphatic heterocycles. The molecule has 1 heterocycles. The first kappa shape index (κ1) is 28.1. The highest BCUT2D eigenvalue weighted by Crippen LogP contribution is 2.26. The second kappa shape index (κ2) is 11.3. The van der Waals surface area contributed by atoms with E-state index in [0.717, 1.165) is 12.1 Å². The molecule has 0 unspecified atom stereocenters. The number of nitro benzene ring substituents is 1. The summed E-state index contributed by atoms with van der Waals surface area (Å²) in [5.74, 6) is -0.450. The normalized spacial score (nSPS) is 17.6. The minimum Gasteiger partial charge on any atom is -0.444 e. The van der Waals surface area contributed by atoms with Crippen LogP contribution in [0.2, 0.25) is 0 Å². The minimum atomic E-state index is -4.32. The zero-order valence-electron chi connectivity index (χ0n) is 21.2. The Morgan fingerprint density at radius 3 is 2.35 bits per heavy atom. The van der Waals surface area contributed by atoms with Crippen molar-refractivity contribution in [3.63, 3.8) is 0 Å². The largest absolute Gasteiger partial charge is 0.444 e. The lowest BCUT2D eigenvalue weighted by molar-refractivity contribution is -0.387. The molecule has 3 atom stereocenters. The van der Waals surface area contributed by atoms with E-state index >= 15 is 0 Å². The van der Waals surface area contributed by atoms with E-state index in [1.165, 1.54) is 17.0 Å². The summed E-state index contributed by atoms with van der Waals surface area (Å²) in [7, 11) is -4.32. The summed E-state index contributed by atoms with van der Waals surface area (Å²) in [6.07, 6.45) is 0.461. The molecule has 0 aromatic heterocycles. The molecule has 200 valence electrons. The van der Waals surface area contributed by atoms with Crippen LogP contribution in [-0.4, -0.2) is 54.5 Å². The van der Waals surface area contributed by atoms with E-state index in [0.29, 0.717) is 24.9 Å². The first-order chi connectivity index (χ1) is 17.3. The van der Waals surface area contributed by atoms with Crippen molar-refractivity contribution in [2.24, 2.45) is 0 Å². The predicted octanol–water partition coefficient (Wildman–Crippen LogP) is 3.52. The average molecular weight is 533 g/mol. The quantitative estimate of drug-likeness (QED) is 0.390. The van der Waals surface area contributed by atoms with Crippen LogP contribution in [0.1, 0.15) is 52.1 Å². The van der Waals surface area contributed by atoms with Gasteiger partial charge >= 0.3 is 6.09 Å². The van der Waals surface area contributed by atoms with Crippen LogP contribution in [0.3, 0.4) is 0 Å². The first-order valence-electron chi connectivity index (χ1n) is 11.9. The van der Waals surface area contributed by atoms with Gasteiger partial charge in [-0.15, -0.1) is 0 Å². The van der Waals surface area contributed by atoms with Crippen molar-refractivity contribution in [3.8, 4) is 0 Å². The van der Waals surface area contributed by atoms with Gasteiger partial charge in [0.05, 0.1) is 11.0 Å². The molecular weight excluding hydrogens is 500 g/mol. The highest BCUT2D eigenvalue weighted by Gasteiger charge is 2.38. The van der Waals surface area contributed by atoms with Crippen LogP contribution in [0, 0.1) is 10.1 Å². The topological polar surface area (TPSA) is 148 Å². The molecule has 0 aliphatic carbocycles. The lowest BCUT2D eigenvalue weighted by Gasteiger charge is -2.31. The zero-order chi connectivity index (χ0) is 27.4. The summed E-state index contributed by atoms with van der Waals surface area (Å²) >= 11 is 0. The number of amides is 2. The van der Waals surface area contributed by atoms with Gasteiger partial charge in [-0.1, -0.05) is 42.5 Å². The molecule has 0 radical (unpaired) electrons. The second-order valence-corrected chi connectivity index (χ2v) is 11.5. The van der Waals surface area contributed by atoms with Crippen molar-refractivity contribution in [2.45, 2.75) is 69.2 Å². The van der Waals surface area contributed by atoms with E-state index in [9.17, 15) is 28.1 Å². The summed E-state index contributed by atoms with van der Waals surface area (Å²) in [5.41, 5.74) is -0.656. The highest BCUT2D eigenvalue weighted by molar-refractivity contribution is 7.89. The Bertz CT molecular complexity index is 1250. The highest BCUT2D eigenvalue weighted by atomic mass is 32.2. The van der Waals surface area contributed by atoms with Crippen LogP contribution in [0.25, 0.3) is 0 Å². The zero-order valence-corrected chi connectivity index (χ0v) is 22.0. The molecule has 1 saturated heterocycles. The van der Waals surface area contributed by atoms with Crippen molar-refractivity contribution in [3.05, 3.63) is 70.3 Å². The van der Waals surface area contributed by atoms with E-state index in [1.54, 1.807) is 58.0 Å². The molecule has 0 bridgehead atoms. The Morgan fingerprint density at radius 2 is 1.73 bits per heavy atom. The predicted molar refractivity (Wildman–Crippen MR) is 136 cm³/mol. The Balaban J connectivity index is 1.85. The van der Waals surface area contributed by atoms with E-state index in [1.807, 2.05) is 0 Å². The summed E-state index contributed by atoms with van der Waals surface area (Å²) in [5, 5.41) is 14.3. The number of nitrogens with one attached hydrogen (secondary N) is 2. The van der Waals surface area contributed by atoms with Gasteiger partial charge in [0.2, 0.25) is 15.9 Å². The number of carbonyl (C=O) groups excluding carboxylic acids is 2. The molecule has 11 nitrogen and oxygen atoms in total. The lowest BCUT2D eigenvalue weighted by Crippen LogP contribution is -2.51. The summed E-state index contributed by atoms with van der Waals surface area (Å²) < 4.78 is 34.2. The maximum absolute atomic E-state index is 13.4. The average Bonchev–Trinajstić information content (AvgIpc) is 3.32. The van der Waals surface area contributed by atoms with Crippen molar-refractivity contribution < 1.29 is 27.7 Å². The molecule has 0 saturated carbocycles. The fourth-order valence-electron chi connectivity index (χ4n) is 4.20. The van der Waals surface area contributed by atoms with Crippen LogP contribution in [-0.2, 0) is 19.6 Å². The van der Waals surface area contributed by atoms with Crippen LogP contribution >= 0.6 is 0 Å². The number of hydrogen-bond donors (Lipinski definition) is 2. The van der Waals surface area contributed by atoms with E-state index in [-0.39, 0.29) is 0 Å². The van der Waals surface area contributed by atoms with Gasteiger partial charge in [-0.05, 0) is 52.2 Å². The molecule has 12 heteroatoms. The Morgan fingerprint density at radius 1 is 1.11 bits per heavy atom. The Hall–Kier alpha value is -3.51. The smallest absolute Gasteiger partial charge is 0.410 e. The fourth-order valence-corrected chi connectivity index (χ4v) is 5.62. The molecule has 37 heavy (non-hydrogen) atoms.